The molecule has 0 radical (unpaired) electrons. The fourth-order valence-corrected chi connectivity index (χ4v) is 3.42. The second kappa shape index (κ2) is 9.29. The third kappa shape index (κ3) is 5.88. The van der Waals surface area contributed by atoms with Crippen LogP contribution in [-0.4, -0.2) is 48.3 Å². The van der Waals surface area contributed by atoms with E-state index in [9.17, 15) is 9.59 Å². The van der Waals surface area contributed by atoms with Crippen LogP contribution in [0.25, 0.3) is 5.65 Å². The van der Waals surface area contributed by atoms with Crippen LogP contribution in [0.3, 0.4) is 0 Å². The molecule has 0 saturated heterocycles. The maximum Gasteiger partial charge on any atom is 0.277 e. The summed E-state index contributed by atoms with van der Waals surface area (Å²) in [5.41, 5.74) is 0.775. The molecule has 9 nitrogen and oxygen atoms in total. The molecule has 3 aromatic rings. The lowest BCUT2D eigenvalue weighted by Gasteiger charge is -2.30. The SMILES string of the molecule is CCC(C)(CCOC(C)(C)C)n1cc(C(=O)Nc2ccc3nc(C(=O)C(C)(C)C)cn3c2)nn1. The van der Waals surface area contributed by atoms with Gasteiger partial charge >= 0.3 is 0 Å². The molecule has 0 fully saturated rings. The molecular formula is C25H36N6O3. The number of amides is 1. The van der Waals surface area contributed by atoms with Crippen molar-refractivity contribution >= 4 is 23.0 Å². The first-order valence-corrected chi connectivity index (χ1v) is 11.6. The van der Waals surface area contributed by atoms with E-state index in [4.69, 9.17) is 4.74 Å². The van der Waals surface area contributed by atoms with E-state index in [2.05, 4.69) is 34.5 Å². The zero-order valence-electron chi connectivity index (χ0n) is 21.5. The van der Waals surface area contributed by atoms with E-state index in [1.54, 1.807) is 39.8 Å². The van der Waals surface area contributed by atoms with Crippen molar-refractivity contribution in [2.45, 2.75) is 79.4 Å². The second-order valence-corrected chi connectivity index (χ2v) is 11.0. The van der Waals surface area contributed by atoms with E-state index in [1.807, 2.05) is 41.5 Å². The van der Waals surface area contributed by atoms with Gasteiger partial charge in [-0.2, -0.15) is 0 Å². The van der Waals surface area contributed by atoms with E-state index in [-0.39, 0.29) is 28.5 Å². The van der Waals surface area contributed by atoms with Crippen LogP contribution in [0.5, 0.6) is 0 Å². The normalized spacial score (nSPS) is 14.2. The molecule has 0 aromatic carbocycles. The van der Waals surface area contributed by atoms with Gasteiger partial charge in [-0.3, -0.25) is 9.59 Å². The van der Waals surface area contributed by atoms with Gasteiger partial charge in [0.15, 0.2) is 11.5 Å². The molecule has 0 bridgehead atoms. The zero-order chi connectivity index (χ0) is 25.3. The first-order valence-electron chi connectivity index (χ1n) is 11.6. The number of carbonyl (C=O) groups is 2. The number of carbonyl (C=O) groups excluding carboxylic acids is 2. The molecule has 0 spiro atoms. The monoisotopic (exact) mass is 468 g/mol. The van der Waals surface area contributed by atoms with E-state index >= 15 is 0 Å². The van der Waals surface area contributed by atoms with Crippen molar-refractivity contribution in [2.75, 3.05) is 11.9 Å². The number of Topliss-reactive ketones (excluding diaryl/α,β-unsaturated/α-hetero) is 1. The average molecular weight is 469 g/mol. The minimum absolute atomic E-state index is 0.0368. The first-order chi connectivity index (χ1) is 15.7. The summed E-state index contributed by atoms with van der Waals surface area (Å²) in [6.45, 7) is 16.4. The van der Waals surface area contributed by atoms with E-state index < -0.39 is 5.41 Å². The van der Waals surface area contributed by atoms with Gasteiger partial charge in [0.1, 0.15) is 11.3 Å². The molecule has 184 valence electrons. The van der Waals surface area contributed by atoms with Gasteiger partial charge in [0.05, 0.1) is 23.0 Å². The van der Waals surface area contributed by atoms with E-state index in [0.717, 1.165) is 12.8 Å². The number of ether oxygens (including phenoxy) is 1. The van der Waals surface area contributed by atoms with Gasteiger partial charge < -0.3 is 14.5 Å². The Bertz CT molecular complexity index is 1180. The molecule has 3 rings (SSSR count). The lowest BCUT2D eigenvalue weighted by Crippen LogP contribution is -2.33. The molecule has 0 saturated carbocycles. The maximum absolute atomic E-state index is 12.8. The molecule has 3 heterocycles. The van der Waals surface area contributed by atoms with Crippen molar-refractivity contribution in [1.29, 1.82) is 0 Å². The maximum atomic E-state index is 12.8. The van der Waals surface area contributed by atoms with Gasteiger partial charge in [0, 0.05) is 24.4 Å². The van der Waals surface area contributed by atoms with Gasteiger partial charge in [0.2, 0.25) is 0 Å². The Balaban J connectivity index is 1.73. The summed E-state index contributed by atoms with van der Waals surface area (Å²) in [6.07, 6.45) is 6.65. The van der Waals surface area contributed by atoms with Crippen molar-refractivity contribution in [2.24, 2.45) is 5.41 Å². The summed E-state index contributed by atoms with van der Waals surface area (Å²) >= 11 is 0. The average Bonchev–Trinajstić information content (AvgIpc) is 3.39. The highest BCUT2D eigenvalue weighted by Crippen LogP contribution is 2.25. The molecule has 1 unspecified atom stereocenters. The number of imidazole rings is 1. The molecule has 1 N–H and O–H groups in total. The van der Waals surface area contributed by atoms with Crippen LogP contribution in [0.4, 0.5) is 5.69 Å². The molecule has 1 atom stereocenters. The Morgan fingerprint density at radius 2 is 1.71 bits per heavy atom. The van der Waals surface area contributed by atoms with Crippen LogP contribution < -0.4 is 5.32 Å². The lowest BCUT2D eigenvalue weighted by molar-refractivity contribution is -0.0174. The highest BCUT2D eigenvalue weighted by atomic mass is 16.5. The summed E-state index contributed by atoms with van der Waals surface area (Å²) in [5, 5.41) is 11.2. The van der Waals surface area contributed by atoms with Crippen LogP contribution in [0.15, 0.2) is 30.7 Å². The smallest absolute Gasteiger partial charge is 0.277 e. The number of hydrogen-bond donors (Lipinski definition) is 1. The standard InChI is InChI=1S/C25H36N6O3/c1-9-25(8,12-13-34-24(5,6)7)31-16-19(28-29-31)22(33)26-17-10-11-20-27-18(15-30(20)14-17)21(32)23(2,3)4/h10-11,14-16H,9,12-13H2,1-8H3,(H,26,33). The van der Waals surface area contributed by atoms with Crippen molar-refractivity contribution in [3.63, 3.8) is 0 Å². The zero-order valence-corrected chi connectivity index (χ0v) is 21.5. The van der Waals surface area contributed by atoms with Crippen molar-refractivity contribution in [3.05, 3.63) is 42.1 Å². The third-order valence-electron chi connectivity index (χ3n) is 5.84. The number of nitrogens with zero attached hydrogens (tertiary/aromatic N) is 5. The third-order valence-corrected chi connectivity index (χ3v) is 5.84. The van der Waals surface area contributed by atoms with E-state index in [0.29, 0.717) is 23.6 Å². The van der Waals surface area contributed by atoms with Crippen LogP contribution in [-0.2, 0) is 10.3 Å². The Labute approximate surface area is 200 Å². The summed E-state index contributed by atoms with van der Waals surface area (Å²) < 4.78 is 9.36. The number of anilines is 1. The highest BCUT2D eigenvalue weighted by Gasteiger charge is 2.28. The predicted molar refractivity (Wildman–Crippen MR) is 131 cm³/mol. The molecule has 9 heteroatoms. The number of hydrogen-bond acceptors (Lipinski definition) is 6. The number of ketones is 1. The van der Waals surface area contributed by atoms with Gasteiger partial charge in [-0.15, -0.1) is 5.10 Å². The molecule has 0 aliphatic carbocycles. The molecule has 34 heavy (non-hydrogen) atoms. The fourth-order valence-electron chi connectivity index (χ4n) is 3.42. The van der Waals surface area contributed by atoms with Gasteiger partial charge in [-0.25, -0.2) is 9.67 Å². The summed E-state index contributed by atoms with van der Waals surface area (Å²) in [7, 11) is 0. The van der Waals surface area contributed by atoms with Gasteiger partial charge in [-0.05, 0) is 52.7 Å². The fraction of sp³-hybridized carbons (Fsp3) is 0.560. The van der Waals surface area contributed by atoms with Gasteiger partial charge in [0.25, 0.3) is 5.91 Å². The number of fused-ring (bicyclic) bond motifs is 1. The minimum Gasteiger partial charge on any atom is -0.376 e. The number of aromatic nitrogens is 5. The van der Waals surface area contributed by atoms with Crippen LogP contribution in [0.2, 0.25) is 0 Å². The van der Waals surface area contributed by atoms with Crippen molar-refractivity contribution in [1.82, 2.24) is 24.4 Å². The quantitative estimate of drug-likeness (QED) is 0.479. The first kappa shape index (κ1) is 25.6. The van der Waals surface area contributed by atoms with E-state index in [1.165, 1.54) is 0 Å². The topological polar surface area (TPSA) is 103 Å². The number of pyridine rings is 1. The molecule has 0 aliphatic heterocycles. The molecule has 3 aromatic heterocycles. The Morgan fingerprint density at radius 1 is 1.00 bits per heavy atom. The summed E-state index contributed by atoms with van der Waals surface area (Å²) in [6, 6.07) is 3.51. The molecular weight excluding hydrogens is 432 g/mol. The highest BCUT2D eigenvalue weighted by molar-refractivity contribution is 6.02. The van der Waals surface area contributed by atoms with Crippen LogP contribution in [0.1, 0.15) is 89.2 Å². The minimum atomic E-state index is -0.521. The lowest BCUT2D eigenvalue weighted by atomic mass is 9.89. The predicted octanol–water partition coefficient (Wildman–Crippen LogP) is 4.74. The number of nitrogens with one attached hydrogen (secondary N) is 1. The second-order valence-electron chi connectivity index (χ2n) is 11.0. The van der Waals surface area contributed by atoms with Crippen LogP contribution >= 0.6 is 0 Å². The Hall–Kier alpha value is -3.07. The largest absolute Gasteiger partial charge is 0.376 e. The van der Waals surface area contributed by atoms with Crippen molar-refractivity contribution < 1.29 is 14.3 Å². The summed E-state index contributed by atoms with van der Waals surface area (Å²) in [4.78, 5) is 29.8. The number of rotatable bonds is 8. The summed E-state index contributed by atoms with van der Waals surface area (Å²) in [5.74, 6) is -0.397. The Kier molecular flexibility index (Phi) is 6.98. The Morgan fingerprint density at radius 3 is 2.32 bits per heavy atom. The molecule has 1 amide bonds. The van der Waals surface area contributed by atoms with Gasteiger partial charge in [-0.1, -0.05) is 32.9 Å². The molecule has 0 aliphatic rings. The van der Waals surface area contributed by atoms with Crippen LogP contribution in [0, 0.1) is 5.41 Å². The van der Waals surface area contributed by atoms with Crippen molar-refractivity contribution in [3.8, 4) is 0 Å².